The van der Waals surface area contributed by atoms with Gasteiger partial charge >= 0.3 is 0 Å². The van der Waals surface area contributed by atoms with E-state index in [1.807, 2.05) is 17.8 Å². The van der Waals surface area contributed by atoms with Gasteiger partial charge in [-0.1, -0.05) is 26.7 Å². The number of aromatic amines is 1. The molecule has 0 saturated carbocycles. The third kappa shape index (κ3) is 4.36. The Morgan fingerprint density at radius 3 is 2.80 bits per heavy atom. The van der Waals surface area contributed by atoms with Crippen molar-refractivity contribution < 1.29 is 9.90 Å². The zero-order chi connectivity index (χ0) is 17.9. The molecule has 2 aromatic rings. The monoisotopic (exact) mass is 378 g/mol. The third-order valence-corrected chi connectivity index (χ3v) is 7.20. The summed E-state index contributed by atoms with van der Waals surface area (Å²) in [6, 6.07) is 1.99. The van der Waals surface area contributed by atoms with Gasteiger partial charge < -0.3 is 5.11 Å². The lowest BCUT2D eigenvalue weighted by Crippen LogP contribution is -2.26. The number of fused-ring (bicyclic) bond motifs is 1. The molecule has 2 heterocycles. The van der Waals surface area contributed by atoms with Crippen molar-refractivity contribution in [2.45, 2.75) is 56.6 Å². The maximum atomic E-state index is 12.8. The number of carbonyl (C=O) groups excluding carboxylic acids is 1. The summed E-state index contributed by atoms with van der Waals surface area (Å²) < 4.78 is 1.17. The highest BCUT2D eigenvalue weighted by Crippen LogP contribution is 2.48. The van der Waals surface area contributed by atoms with Crippen LogP contribution in [-0.2, 0) is 6.42 Å². The van der Waals surface area contributed by atoms with Gasteiger partial charge in [0.05, 0.1) is 14.8 Å². The molecule has 1 aliphatic carbocycles. The fourth-order valence-electron chi connectivity index (χ4n) is 3.39. The summed E-state index contributed by atoms with van der Waals surface area (Å²) in [5, 5.41) is 16.0. The number of carbonyl (C=O) groups is 1. The smallest absolute Gasteiger partial charge is 0.165 e. The van der Waals surface area contributed by atoms with E-state index < -0.39 is 0 Å². The molecule has 1 aliphatic rings. The molecule has 0 aliphatic heterocycles. The highest BCUT2D eigenvalue weighted by Gasteiger charge is 2.36. The van der Waals surface area contributed by atoms with Crippen molar-refractivity contribution in [2.75, 3.05) is 12.4 Å². The van der Waals surface area contributed by atoms with Gasteiger partial charge in [0.15, 0.2) is 5.78 Å². The summed E-state index contributed by atoms with van der Waals surface area (Å²) in [6.45, 7) is 4.63. The largest absolute Gasteiger partial charge is 0.396 e. The second kappa shape index (κ2) is 8.06. The number of aliphatic hydroxyl groups excluding tert-OH is 1. The molecular weight excluding hydrogens is 352 g/mol. The minimum Gasteiger partial charge on any atom is -0.396 e. The molecule has 2 aromatic heterocycles. The Kier molecular flexibility index (Phi) is 6.02. The first kappa shape index (κ1) is 18.7. The second-order valence-electron chi connectivity index (χ2n) is 7.47. The summed E-state index contributed by atoms with van der Waals surface area (Å²) in [7, 11) is 0. The minimum absolute atomic E-state index is 0.0200. The summed E-state index contributed by atoms with van der Waals surface area (Å²) >= 11 is 3.55. The number of aliphatic hydroxyl groups is 1. The van der Waals surface area contributed by atoms with Crippen LogP contribution in [0, 0.1) is 5.41 Å². The molecule has 0 atom stereocenters. The zero-order valence-corrected chi connectivity index (χ0v) is 16.6. The number of unbranched alkanes of at least 4 members (excludes halogenated alkanes) is 3. The summed E-state index contributed by atoms with van der Waals surface area (Å²) in [5.41, 5.74) is 3.21. The van der Waals surface area contributed by atoms with Gasteiger partial charge in [0, 0.05) is 24.8 Å². The van der Waals surface area contributed by atoms with Crippen LogP contribution in [0.15, 0.2) is 16.5 Å². The molecule has 0 spiro atoms. The van der Waals surface area contributed by atoms with Crippen LogP contribution in [0.4, 0.5) is 0 Å². The van der Waals surface area contributed by atoms with Crippen molar-refractivity contribution >= 4 is 28.9 Å². The highest BCUT2D eigenvalue weighted by molar-refractivity contribution is 8.01. The summed E-state index contributed by atoms with van der Waals surface area (Å²) in [5.74, 6) is 1.31. The van der Waals surface area contributed by atoms with Crippen LogP contribution >= 0.6 is 23.1 Å². The predicted molar refractivity (Wildman–Crippen MR) is 105 cm³/mol. The van der Waals surface area contributed by atoms with E-state index in [1.54, 1.807) is 17.5 Å². The first-order valence-electron chi connectivity index (χ1n) is 8.94. The van der Waals surface area contributed by atoms with Gasteiger partial charge in [-0.2, -0.15) is 5.10 Å². The first-order valence-corrected chi connectivity index (χ1v) is 10.7. The fourth-order valence-corrected chi connectivity index (χ4v) is 6.09. The lowest BCUT2D eigenvalue weighted by molar-refractivity contribution is 0.0910. The van der Waals surface area contributed by atoms with E-state index in [0.717, 1.165) is 49.1 Å². The highest BCUT2D eigenvalue weighted by atomic mass is 32.2. The molecule has 0 fully saturated rings. The predicted octanol–water partition coefficient (Wildman–Crippen LogP) is 4.94. The number of H-pyrrole nitrogens is 1. The Bertz CT molecular complexity index is 720. The van der Waals surface area contributed by atoms with Crippen molar-refractivity contribution in [3.63, 3.8) is 0 Å². The van der Waals surface area contributed by atoms with Gasteiger partial charge in [0.25, 0.3) is 0 Å². The molecule has 0 aromatic carbocycles. The van der Waals surface area contributed by atoms with Gasteiger partial charge in [-0.25, -0.2) is 0 Å². The molecule has 2 N–H and O–H groups in total. The van der Waals surface area contributed by atoms with Crippen molar-refractivity contribution in [3.8, 4) is 10.6 Å². The lowest BCUT2D eigenvalue weighted by Gasteiger charge is -2.29. The van der Waals surface area contributed by atoms with Gasteiger partial charge in [-0.05, 0) is 42.1 Å². The molecule has 0 saturated heterocycles. The SMILES string of the molecule is CC1(C)CC(=O)c2c(SCCCCCCO)sc(-c3ccn[nH]3)c2C1. The van der Waals surface area contributed by atoms with Crippen molar-refractivity contribution in [1.29, 1.82) is 0 Å². The molecule has 0 unspecified atom stereocenters. The maximum absolute atomic E-state index is 12.8. The minimum atomic E-state index is 0.0200. The maximum Gasteiger partial charge on any atom is 0.165 e. The number of rotatable bonds is 8. The molecular formula is C19H26N2O2S2. The number of thioether (sulfide) groups is 1. The van der Waals surface area contributed by atoms with E-state index in [1.165, 1.54) is 14.6 Å². The number of aromatic nitrogens is 2. The summed E-state index contributed by atoms with van der Waals surface area (Å²) in [6.07, 6.45) is 7.55. The van der Waals surface area contributed by atoms with Crippen LogP contribution in [0.5, 0.6) is 0 Å². The normalized spacial score (nSPS) is 16.2. The van der Waals surface area contributed by atoms with Gasteiger partial charge in [-0.15, -0.1) is 23.1 Å². The summed E-state index contributed by atoms with van der Waals surface area (Å²) in [4.78, 5) is 14.0. The van der Waals surface area contributed by atoms with Crippen LogP contribution in [0.2, 0.25) is 0 Å². The quantitative estimate of drug-likeness (QED) is 0.504. The Morgan fingerprint density at radius 2 is 2.08 bits per heavy atom. The standard InChI is InChI=1S/C19H26N2O2S2/c1-19(2)11-13-16(15(23)12-19)18(24-10-6-4-3-5-9-22)25-17(13)14-7-8-20-21-14/h7-8,22H,3-6,9-12H2,1-2H3,(H,20,21). The molecule has 0 amide bonds. The van der Waals surface area contributed by atoms with Crippen LogP contribution in [0.3, 0.4) is 0 Å². The molecule has 25 heavy (non-hydrogen) atoms. The van der Waals surface area contributed by atoms with Crippen LogP contribution < -0.4 is 0 Å². The van der Waals surface area contributed by atoms with Crippen molar-refractivity contribution in [1.82, 2.24) is 10.2 Å². The number of nitrogens with one attached hydrogen (secondary N) is 1. The topological polar surface area (TPSA) is 66.0 Å². The second-order valence-corrected chi connectivity index (χ2v) is 9.85. The van der Waals surface area contributed by atoms with Crippen LogP contribution in [0.25, 0.3) is 10.6 Å². The third-order valence-electron chi connectivity index (χ3n) is 4.58. The number of hydrogen-bond donors (Lipinski definition) is 2. The fraction of sp³-hybridized carbons (Fsp3) is 0.579. The number of hydrogen-bond acceptors (Lipinski definition) is 5. The van der Waals surface area contributed by atoms with E-state index in [0.29, 0.717) is 6.42 Å². The van der Waals surface area contributed by atoms with Crippen LogP contribution in [-0.4, -0.2) is 33.4 Å². The van der Waals surface area contributed by atoms with Gasteiger partial charge in [0.2, 0.25) is 0 Å². The molecule has 136 valence electrons. The van der Waals surface area contributed by atoms with E-state index in [4.69, 9.17) is 5.11 Å². The Morgan fingerprint density at radius 1 is 1.28 bits per heavy atom. The van der Waals surface area contributed by atoms with E-state index in [2.05, 4.69) is 24.0 Å². The Hall–Kier alpha value is -1.11. The number of ketones is 1. The molecule has 0 bridgehead atoms. The van der Waals surface area contributed by atoms with Gasteiger partial charge in [0.1, 0.15) is 0 Å². The molecule has 3 rings (SSSR count). The Balaban J connectivity index is 1.81. The molecule has 4 nitrogen and oxygen atoms in total. The van der Waals surface area contributed by atoms with E-state index >= 15 is 0 Å². The van der Waals surface area contributed by atoms with Crippen molar-refractivity contribution in [2.24, 2.45) is 5.41 Å². The number of nitrogens with zero attached hydrogens (tertiary/aromatic N) is 1. The average molecular weight is 379 g/mol. The molecule has 6 heteroatoms. The average Bonchev–Trinajstić information content (AvgIpc) is 3.17. The van der Waals surface area contributed by atoms with Gasteiger partial charge in [-0.3, -0.25) is 9.89 Å². The number of thiophene rings is 1. The van der Waals surface area contributed by atoms with Crippen LogP contribution in [0.1, 0.15) is 61.9 Å². The number of Topliss-reactive ketones (excluding diaryl/α,β-unsaturated/α-hetero) is 1. The van der Waals surface area contributed by atoms with E-state index in [9.17, 15) is 4.79 Å². The Labute approximate surface area is 157 Å². The van der Waals surface area contributed by atoms with E-state index in [-0.39, 0.29) is 17.8 Å². The molecule has 0 radical (unpaired) electrons. The van der Waals surface area contributed by atoms with Crippen molar-refractivity contribution in [3.05, 3.63) is 23.4 Å². The zero-order valence-electron chi connectivity index (χ0n) is 14.9. The first-order chi connectivity index (χ1) is 12.0. The lowest BCUT2D eigenvalue weighted by atomic mass is 9.74.